The zero-order chi connectivity index (χ0) is 21.2. The van der Waals surface area contributed by atoms with Crippen molar-refractivity contribution in [2.45, 2.75) is 11.8 Å². The zero-order valence-electron chi connectivity index (χ0n) is 15.8. The van der Waals surface area contributed by atoms with Gasteiger partial charge in [-0.15, -0.1) is 4.83 Å². The van der Waals surface area contributed by atoms with Crippen LogP contribution < -0.4 is 14.3 Å². The van der Waals surface area contributed by atoms with Gasteiger partial charge < -0.3 is 9.47 Å². The number of methoxy groups -OCH3 is 2. The lowest BCUT2D eigenvalue weighted by molar-refractivity contribution is -0.123. The van der Waals surface area contributed by atoms with E-state index in [0.29, 0.717) is 17.1 Å². The Bertz CT molecular complexity index is 1100. The SMILES string of the molecule is COc1ccc(OC)c(C=C2SC(=S)N(NS(=O)(=O)c3ccc(C)cc3)C2=O)c1. The maximum absolute atomic E-state index is 12.8. The molecule has 1 N–H and O–H groups in total. The predicted molar refractivity (Wildman–Crippen MR) is 116 cm³/mol. The number of hydrogen-bond donors (Lipinski definition) is 1. The van der Waals surface area contributed by atoms with E-state index >= 15 is 0 Å². The fourth-order valence-corrected chi connectivity index (χ4v) is 4.83. The zero-order valence-corrected chi connectivity index (χ0v) is 18.3. The second-order valence-corrected chi connectivity index (χ2v) is 9.37. The molecule has 2 aromatic rings. The highest BCUT2D eigenvalue weighted by molar-refractivity contribution is 8.26. The van der Waals surface area contributed by atoms with E-state index in [1.165, 1.54) is 26.4 Å². The molecule has 1 fully saturated rings. The van der Waals surface area contributed by atoms with Crippen LogP contribution in [0.3, 0.4) is 0 Å². The Labute approximate surface area is 178 Å². The second-order valence-electron chi connectivity index (χ2n) is 6.03. The molecular formula is C19H18N2O5S3. The minimum atomic E-state index is -3.96. The Hall–Kier alpha value is -2.40. The minimum absolute atomic E-state index is 0.0376. The highest BCUT2D eigenvalue weighted by Gasteiger charge is 2.35. The van der Waals surface area contributed by atoms with Crippen LogP contribution in [0.2, 0.25) is 0 Å². The summed E-state index contributed by atoms with van der Waals surface area (Å²) in [5.74, 6) is 0.560. The van der Waals surface area contributed by atoms with Crippen molar-refractivity contribution in [2.75, 3.05) is 14.2 Å². The third kappa shape index (κ3) is 4.61. The van der Waals surface area contributed by atoms with Crippen molar-refractivity contribution < 1.29 is 22.7 Å². The molecule has 7 nitrogen and oxygen atoms in total. The van der Waals surface area contributed by atoms with E-state index in [0.717, 1.165) is 22.3 Å². The molecular weight excluding hydrogens is 432 g/mol. The Kier molecular flexibility index (Phi) is 6.27. The second kappa shape index (κ2) is 8.54. The van der Waals surface area contributed by atoms with Crippen molar-refractivity contribution in [3.8, 4) is 11.5 Å². The first kappa shape index (κ1) is 21.3. The van der Waals surface area contributed by atoms with Crippen molar-refractivity contribution in [1.82, 2.24) is 9.84 Å². The van der Waals surface area contributed by atoms with E-state index in [1.807, 2.05) is 6.92 Å². The van der Waals surface area contributed by atoms with Gasteiger partial charge in [0.05, 0.1) is 24.0 Å². The molecule has 152 valence electrons. The smallest absolute Gasteiger partial charge is 0.281 e. The maximum atomic E-state index is 12.8. The van der Waals surface area contributed by atoms with Gasteiger partial charge in [0, 0.05) is 5.56 Å². The van der Waals surface area contributed by atoms with Crippen LogP contribution in [0.4, 0.5) is 0 Å². The molecule has 1 saturated heterocycles. The van der Waals surface area contributed by atoms with E-state index < -0.39 is 15.9 Å². The molecule has 29 heavy (non-hydrogen) atoms. The van der Waals surface area contributed by atoms with Crippen molar-refractivity contribution >= 4 is 50.3 Å². The van der Waals surface area contributed by atoms with Gasteiger partial charge in [-0.25, -0.2) is 13.4 Å². The van der Waals surface area contributed by atoms with Crippen LogP contribution in [-0.2, 0) is 14.8 Å². The van der Waals surface area contributed by atoms with Gasteiger partial charge in [-0.1, -0.05) is 41.7 Å². The Balaban J connectivity index is 1.88. The summed E-state index contributed by atoms with van der Waals surface area (Å²) in [7, 11) is -0.917. The molecule has 0 spiro atoms. The van der Waals surface area contributed by atoms with Crippen LogP contribution in [0.15, 0.2) is 52.3 Å². The summed E-state index contributed by atoms with van der Waals surface area (Å²) in [6, 6.07) is 11.4. The predicted octanol–water partition coefficient (Wildman–Crippen LogP) is 3.11. The molecule has 1 aliphatic heterocycles. The summed E-state index contributed by atoms with van der Waals surface area (Å²) < 4.78 is 35.8. The number of hydrazine groups is 1. The van der Waals surface area contributed by atoms with Gasteiger partial charge >= 0.3 is 0 Å². The van der Waals surface area contributed by atoms with Gasteiger partial charge in [0.1, 0.15) is 11.5 Å². The maximum Gasteiger partial charge on any atom is 0.281 e. The van der Waals surface area contributed by atoms with E-state index in [1.54, 1.807) is 36.4 Å². The lowest BCUT2D eigenvalue weighted by Gasteiger charge is -2.16. The monoisotopic (exact) mass is 450 g/mol. The summed E-state index contributed by atoms with van der Waals surface area (Å²) in [6.45, 7) is 1.85. The first-order valence-corrected chi connectivity index (χ1v) is 11.0. The molecule has 10 heteroatoms. The third-order valence-corrected chi connectivity index (χ3v) is 6.68. The van der Waals surface area contributed by atoms with Gasteiger partial charge in [0.25, 0.3) is 15.9 Å². The van der Waals surface area contributed by atoms with Crippen LogP contribution >= 0.6 is 24.0 Å². The van der Waals surface area contributed by atoms with Crippen LogP contribution in [0.5, 0.6) is 11.5 Å². The summed E-state index contributed by atoms with van der Waals surface area (Å²) in [5, 5.41) is 0.855. The molecule has 0 bridgehead atoms. The lowest BCUT2D eigenvalue weighted by Crippen LogP contribution is -2.44. The van der Waals surface area contributed by atoms with E-state index in [4.69, 9.17) is 21.7 Å². The number of nitrogens with one attached hydrogen (secondary N) is 1. The number of nitrogens with zero attached hydrogens (tertiary/aromatic N) is 1. The molecule has 0 radical (unpaired) electrons. The third-order valence-electron chi connectivity index (χ3n) is 4.06. The number of aryl methyl sites for hydroxylation is 1. The quantitative estimate of drug-likeness (QED) is 0.535. The fraction of sp³-hybridized carbons (Fsp3) is 0.158. The van der Waals surface area contributed by atoms with E-state index in [-0.39, 0.29) is 14.1 Å². The number of ether oxygens (including phenoxy) is 2. The average Bonchev–Trinajstić information content (AvgIpc) is 2.95. The minimum Gasteiger partial charge on any atom is -0.497 e. The first-order chi connectivity index (χ1) is 13.7. The summed E-state index contributed by atoms with van der Waals surface area (Å²) in [6.07, 6.45) is 1.58. The largest absolute Gasteiger partial charge is 0.497 e. The van der Waals surface area contributed by atoms with Crippen molar-refractivity contribution in [3.63, 3.8) is 0 Å². The molecule has 0 aromatic heterocycles. The summed E-state index contributed by atoms with van der Waals surface area (Å²) in [4.78, 5) is 15.3. The highest BCUT2D eigenvalue weighted by atomic mass is 32.2. The molecule has 1 aliphatic rings. The molecule has 0 atom stereocenters. The lowest BCUT2D eigenvalue weighted by atomic mass is 10.1. The molecule has 1 heterocycles. The molecule has 1 amide bonds. The summed E-state index contributed by atoms with van der Waals surface area (Å²) >= 11 is 6.20. The van der Waals surface area contributed by atoms with Crippen LogP contribution in [0, 0.1) is 6.92 Å². The number of carbonyl (C=O) groups is 1. The van der Waals surface area contributed by atoms with Gasteiger partial charge in [-0.05, 0) is 43.3 Å². The molecule has 3 rings (SSSR count). The number of carbonyl (C=O) groups excluding carboxylic acids is 1. The van der Waals surface area contributed by atoms with Crippen molar-refractivity contribution in [2.24, 2.45) is 0 Å². The number of thiocarbonyl (C=S) groups is 1. The number of thioether (sulfide) groups is 1. The van der Waals surface area contributed by atoms with E-state index in [2.05, 4.69) is 4.83 Å². The normalized spacial score (nSPS) is 15.8. The van der Waals surface area contributed by atoms with Gasteiger partial charge in [-0.2, -0.15) is 0 Å². The van der Waals surface area contributed by atoms with Gasteiger partial charge in [0.2, 0.25) is 0 Å². The number of benzene rings is 2. The standard InChI is InChI=1S/C19H18N2O5S3/c1-12-4-7-15(8-5-12)29(23,24)20-21-18(22)17(28-19(21)27)11-13-10-14(25-2)6-9-16(13)26-3/h4-11,20H,1-3H3. The fourth-order valence-electron chi connectivity index (χ4n) is 2.53. The summed E-state index contributed by atoms with van der Waals surface area (Å²) in [5.41, 5.74) is 1.53. The molecule has 0 unspecified atom stereocenters. The first-order valence-electron chi connectivity index (χ1n) is 8.34. The van der Waals surface area contributed by atoms with Crippen LogP contribution in [0.1, 0.15) is 11.1 Å². The number of amides is 1. The van der Waals surface area contributed by atoms with Crippen molar-refractivity contribution in [1.29, 1.82) is 0 Å². The molecule has 2 aromatic carbocycles. The Morgan fingerprint density at radius 3 is 2.41 bits per heavy atom. The molecule has 0 saturated carbocycles. The number of rotatable bonds is 6. The Morgan fingerprint density at radius 2 is 1.79 bits per heavy atom. The van der Waals surface area contributed by atoms with Crippen LogP contribution in [-0.4, -0.2) is 37.9 Å². The van der Waals surface area contributed by atoms with Gasteiger partial charge in [-0.3, -0.25) is 4.79 Å². The molecule has 0 aliphatic carbocycles. The van der Waals surface area contributed by atoms with E-state index in [9.17, 15) is 13.2 Å². The number of sulfonamides is 1. The highest BCUT2D eigenvalue weighted by Crippen LogP contribution is 2.35. The average molecular weight is 451 g/mol. The topological polar surface area (TPSA) is 84.9 Å². The van der Waals surface area contributed by atoms with Gasteiger partial charge in [0.15, 0.2) is 4.32 Å². The Morgan fingerprint density at radius 1 is 1.10 bits per heavy atom. The number of hydrogen-bond acceptors (Lipinski definition) is 7. The van der Waals surface area contributed by atoms with Crippen molar-refractivity contribution in [3.05, 3.63) is 58.5 Å². The van der Waals surface area contributed by atoms with Crippen LogP contribution in [0.25, 0.3) is 6.08 Å².